The molecule has 2 fully saturated rings. The van der Waals surface area contributed by atoms with Gasteiger partial charge in [-0.1, -0.05) is 70.4 Å². The molecule has 1 saturated heterocycles. The molecule has 3 aromatic carbocycles. The first-order valence-electron chi connectivity index (χ1n) is 14.5. The highest BCUT2D eigenvalue weighted by molar-refractivity contribution is 6.31. The Morgan fingerprint density at radius 3 is 2.30 bits per heavy atom. The van der Waals surface area contributed by atoms with Crippen LogP contribution in [-0.2, 0) is 14.4 Å². The first-order valence-corrected chi connectivity index (χ1v) is 15.3. The highest BCUT2D eigenvalue weighted by atomic mass is 35.5. The molecule has 0 bridgehead atoms. The van der Waals surface area contributed by atoms with Crippen molar-refractivity contribution in [2.75, 3.05) is 11.4 Å². The minimum atomic E-state index is -0.995. The van der Waals surface area contributed by atoms with Gasteiger partial charge in [0.05, 0.1) is 17.4 Å². The molecule has 3 aliphatic heterocycles. The lowest BCUT2D eigenvalue weighted by Gasteiger charge is -2.30. The molecule has 0 unspecified atom stereocenters. The zero-order valence-electron chi connectivity index (χ0n) is 23.8. The lowest BCUT2D eigenvalue weighted by molar-refractivity contribution is -0.136. The minimum absolute atomic E-state index is 0.0212. The van der Waals surface area contributed by atoms with E-state index in [0.29, 0.717) is 15.7 Å². The topological polar surface area (TPSA) is 98.0 Å². The fourth-order valence-electron chi connectivity index (χ4n) is 6.47. The van der Waals surface area contributed by atoms with Crippen LogP contribution in [0.5, 0.6) is 0 Å². The minimum Gasteiger partial charge on any atom is -0.271 e. The number of imide groups is 1. The lowest BCUT2D eigenvalue weighted by atomic mass is 9.77. The van der Waals surface area contributed by atoms with Crippen molar-refractivity contribution in [1.29, 1.82) is 0 Å². The number of nitrogens with zero attached hydrogens (tertiary/aromatic N) is 6. The average Bonchev–Trinajstić information content (AvgIpc) is 3.69. The summed E-state index contributed by atoms with van der Waals surface area (Å²) in [6.45, 7) is 1.68. The van der Waals surface area contributed by atoms with E-state index in [4.69, 9.17) is 28.3 Å². The third-order valence-electron chi connectivity index (χ3n) is 8.63. The number of anilines is 1. The van der Waals surface area contributed by atoms with Gasteiger partial charge in [-0.2, -0.15) is 10.2 Å². The molecule has 0 aromatic heterocycles. The van der Waals surface area contributed by atoms with Crippen LogP contribution in [0.2, 0.25) is 10.0 Å². The van der Waals surface area contributed by atoms with E-state index in [2.05, 4.69) is 16.4 Å². The number of hydrogen-bond acceptors (Lipinski definition) is 7. The van der Waals surface area contributed by atoms with Gasteiger partial charge < -0.3 is 0 Å². The van der Waals surface area contributed by atoms with Gasteiger partial charge in [-0.3, -0.25) is 19.4 Å². The number of carbonyl (C=O) groups excluding carboxylic acids is 3. The van der Waals surface area contributed by atoms with Crippen LogP contribution in [0.15, 0.2) is 93.8 Å². The van der Waals surface area contributed by atoms with E-state index in [1.165, 1.54) is 10.0 Å². The molecule has 4 atom stereocenters. The van der Waals surface area contributed by atoms with Crippen LogP contribution in [-0.4, -0.2) is 52.1 Å². The highest BCUT2D eigenvalue weighted by Crippen LogP contribution is 2.45. The van der Waals surface area contributed by atoms with Crippen molar-refractivity contribution >= 4 is 58.4 Å². The fourth-order valence-corrected chi connectivity index (χ4v) is 6.73. The van der Waals surface area contributed by atoms with Crippen LogP contribution in [0.25, 0.3) is 6.08 Å². The van der Waals surface area contributed by atoms with Gasteiger partial charge in [-0.25, -0.2) is 9.91 Å². The Morgan fingerprint density at radius 1 is 0.909 bits per heavy atom. The van der Waals surface area contributed by atoms with E-state index in [-0.39, 0.29) is 24.4 Å². The van der Waals surface area contributed by atoms with Crippen LogP contribution in [0.4, 0.5) is 5.69 Å². The highest BCUT2D eigenvalue weighted by Gasteiger charge is 2.55. The molecule has 9 nitrogen and oxygen atoms in total. The third kappa shape index (κ3) is 5.00. The molecule has 0 spiro atoms. The summed E-state index contributed by atoms with van der Waals surface area (Å²) >= 11 is 12.3. The number of benzene rings is 3. The summed E-state index contributed by atoms with van der Waals surface area (Å²) in [7, 11) is 0. The van der Waals surface area contributed by atoms with E-state index >= 15 is 0 Å². The molecule has 222 valence electrons. The van der Waals surface area contributed by atoms with E-state index in [1.807, 2.05) is 67.6 Å². The standard InChI is InChI=1S/C33H28Cl2N6O3/c1-19-5-15-25(16-6-19)40-32(43)29-31(33(40)44)39(38-36-29)18-27(42)41-30(21-9-13-24(35)14-10-21)26-4-2-3-22(28(26)37-41)17-20-7-11-23(34)12-8-20/h5-17,26,29-31H,2-4,18H2,1H3/b22-17+/t26-,29+,30-,31+/m0/s1. The Kier molecular flexibility index (Phi) is 7.30. The van der Waals surface area contributed by atoms with Crippen LogP contribution in [0.3, 0.4) is 0 Å². The summed E-state index contributed by atoms with van der Waals surface area (Å²) in [4.78, 5) is 41.9. The number of aryl methyl sites for hydroxylation is 1. The van der Waals surface area contributed by atoms with Gasteiger partial charge >= 0.3 is 0 Å². The predicted molar refractivity (Wildman–Crippen MR) is 168 cm³/mol. The molecule has 3 amide bonds. The van der Waals surface area contributed by atoms with Gasteiger partial charge in [0.25, 0.3) is 17.7 Å². The zero-order valence-corrected chi connectivity index (χ0v) is 25.3. The van der Waals surface area contributed by atoms with Crippen molar-refractivity contribution < 1.29 is 14.4 Å². The molecule has 3 heterocycles. The molecule has 0 N–H and O–H groups in total. The first-order chi connectivity index (χ1) is 21.3. The van der Waals surface area contributed by atoms with Gasteiger partial charge in [-0.05, 0) is 85.4 Å². The van der Waals surface area contributed by atoms with Crippen molar-refractivity contribution in [1.82, 2.24) is 10.0 Å². The number of hydrazone groups is 1. The fraction of sp³-hybridized carbons (Fsp3) is 0.273. The molecule has 7 rings (SSSR count). The summed E-state index contributed by atoms with van der Waals surface area (Å²) < 4.78 is 0. The second kappa shape index (κ2) is 11.3. The van der Waals surface area contributed by atoms with E-state index in [9.17, 15) is 14.4 Å². The van der Waals surface area contributed by atoms with E-state index in [0.717, 1.165) is 52.1 Å². The van der Waals surface area contributed by atoms with Crippen LogP contribution >= 0.6 is 23.2 Å². The second-order valence-corrected chi connectivity index (χ2v) is 12.4. The normalized spacial score (nSPS) is 25.1. The largest absolute Gasteiger partial charge is 0.271 e. The molecular formula is C33H28Cl2N6O3. The van der Waals surface area contributed by atoms with Crippen molar-refractivity contribution in [2.24, 2.45) is 21.4 Å². The van der Waals surface area contributed by atoms with Crippen molar-refractivity contribution in [3.05, 3.63) is 105 Å². The number of allylic oxidation sites excluding steroid dienone is 1. The molecular weight excluding hydrogens is 599 g/mol. The summed E-state index contributed by atoms with van der Waals surface area (Å²) in [6, 6.07) is 19.9. The van der Waals surface area contributed by atoms with Crippen molar-refractivity contribution in [3.8, 4) is 0 Å². The summed E-state index contributed by atoms with van der Waals surface area (Å²) in [5.74, 6) is -1.27. The van der Waals surface area contributed by atoms with Crippen LogP contribution in [0.1, 0.15) is 42.0 Å². The van der Waals surface area contributed by atoms with Gasteiger partial charge in [0.2, 0.25) is 0 Å². The maximum absolute atomic E-state index is 14.1. The molecule has 44 heavy (non-hydrogen) atoms. The Morgan fingerprint density at radius 2 is 1.59 bits per heavy atom. The molecule has 11 heteroatoms. The third-order valence-corrected chi connectivity index (χ3v) is 9.13. The smallest absolute Gasteiger partial charge is 0.264 e. The maximum Gasteiger partial charge on any atom is 0.264 e. The van der Waals surface area contributed by atoms with Crippen LogP contribution in [0, 0.1) is 12.8 Å². The number of hydrogen-bond donors (Lipinski definition) is 0. The second-order valence-electron chi connectivity index (χ2n) is 11.5. The monoisotopic (exact) mass is 626 g/mol. The first kappa shape index (κ1) is 28.4. The van der Waals surface area contributed by atoms with Crippen LogP contribution < -0.4 is 4.90 Å². The quantitative estimate of drug-likeness (QED) is 0.305. The molecule has 1 aliphatic carbocycles. The van der Waals surface area contributed by atoms with Gasteiger partial charge in [-0.15, -0.1) is 0 Å². The van der Waals surface area contributed by atoms with E-state index in [1.54, 1.807) is 12.1 Å². The lowest BCUT2D eigenvalue weighted by Crippen LogP contribution is -2.45. The number of amides is 3. The number of fused-ring (bicyclic) bond motifs is 2. The Hall–Kier alpha value is -4.34. The van der Waals surface area contributed by atoms with Gasteiger partial charge in [0.1, 0.15) is 6.54 Å². The predicted octanol–water partition coefficient (Wildman–Crippen LogP) is 6.42. The molecule has 0 radical (unpaired) electrons. The molecule has 1 saturated carbocycles. The summed E-state index contributed by atoms with van der Waals surface area (Å²) in [5, 5.41) is 17.3. The summed E-state index contributed by atoms with van der Waals surface area (Å²) in [6.07, 6.45) is 4.75. The Labute approximate surface area is 264 Å². The average molecular weight is 628 g/mol. The van der Waals surface area contributed by atoms with E-state index < -0.39 is 23.9 Å². The SMILES string of the molecule is Cc1ccc(N2C(=O)[C@@H]3N=NN(CC(=O)N4N=C5/C(=C/c6ccc(Cl)cc6)CCC[C@@H]5[C@@H]4c4ccc(Cl)cc4)[C@H]3C2=O)cc1. The number of carbonyl (C=O) groups is 3. The Bertz CT molecular complexity index is 1740. The van der Waals surface area contributed by atoms with Gasteiger partial charge in [0.15, 0.2) is 12.1 Å². The Balaban J connectivity index is 1.18. The summed E-state index contributed by atoms with van der Waals surface area (Å²) in [5.41, 5.74) is 5.35. The molecule has 3 aromatic rings. The zero-order chi connectivity index (χ0) is 30.5. The number of halogens is 2. The van der Waals surface area contributed by atoms with Crippen molar-refractivity contribution in [3.63, 3.8) is 0 Å². The number of rotatable bonds is 5. The molecule has 4 aliphatic rings. The maximum atomic E-state index is 14.1. The van der Waals surface area contributed by atoms with Gasteiger partial charge in [0, 0.05) is 16.0 Å². The van der Waals surface area contributed by atoms with Crippen molar-refractivity contribution in [2.45, 2.75) is 44.3 Å².